The van der Waals surface area contributed by atoms with Gasteiger partial charge in [-0.2, -0.15) is 0 Å². The van der Waals surface area contributed by atoms with Gasteiger partial charge in [0.1, 0.15) is 5.75 Å². The average molecular weight is 307 g/mol. The third-order valence-corrected chi connectivity index (χ3v) is 3.72. The highest BCUT2D eigenvalue weighted by Gasteiger charge is 2.28. The van der Waals surface area contributed by atoms with E-state index in [9.17, 15) is 9.59 Å². The molecule has 0 spiro atoms. The number of amides is 1. The van der Waals surface area contributed by atoms with Crippen molar-refractivity contribution >= 4 is 11.9 Å². The molecule has 0 bridgehead atoms. The van der Waals surface area contributed by atoms with Gasteiger partial charge in [-0.15, -0.1) is 0 Å². The number of hydrogen-bond donors (Lipinski definition) is 0. The van der Waals surface area contributed by atoms with Crippen LogP contribution in [-0.4, -0.2) is 22.8 Å². The van der Waals surface area contributed by atoms with Gasteiger partial charge in [-0.1, -0.05) is 48.5 Å². The molecule has 1 unspecified atom stereocenters. The first-order valence-electron chi connectivity index (χ1n) is 7.52. The predicted molar refractivity (Wildman–Crippen MR) is 87.0 cm³/mol. The van der Waals surface area contributed by atoms with Crippen molar-refractivity contribution in [1.82, 2.24) is 4.90 Å². The molecular formula is C19H17NO3. The Morgan fingerprint density at radius 1 is 1.04 bits per heavy atom. The van der Waals surface area contributed by atoms with E-state index < -0.39 is 6.09 Å². The molecule has 1 aliphatic rings. The molecule has 0 saturated heterocycles. The molecule has 3 rings (SSSR count). The van der Waals surface area contributed by atoms with Crippen LogP contribution in [0, 0.1) is 0 Å². The van der Waals surface area contributed by atoms with E-state index in [1.54, 1.807) is 24.3 Å². The van der Waals surface area contributed by atoms with E-state index in [4.69, 9.17) is 4.74 Å². The fourth-order valence-corrected chi connectivity index (χ4v) is 2.59. The van der Waals surface area contributed by atoms with E-state index in [-0.39, 0.29) is 11.8 Å². The first-order valence-corrected chi connectivity index (χ1v) is 7.52. The molecule has 4 nitrogen and oxygen atoms in total. The van der Waals surface area contributed by atoms with E-state index in [1.165, 1.54) is 17.2 Å². The number of ether oxygens (including phenoxy) is 1. The molecule has 23 heavy (non-hydrogen) atoms. The first kappa shape index (κ1) is 15.0. The summed E-state index contributed by atoms with van der Waals surface area (Å²) in [7, 11) is 0. The highest BCUT2D eigenvalue weighted by molar-refractivity contribution is 5.92. The highest BCUT2D eigenvalue weighted by Crippen LogP contribution is 2.20. The second kappa shape index (κ2) is 6.92. The smallest absolute Gasteiger partial charge is 0.410 e. The van der Waals surface area contributed by atoms with Crippen LogP contribution in [0.15, 0.2) is 72.9 Å². The maximum absolute atomic E-state index is 12.4. The first-order chi connectivity index (χ1) is 11.2. The molecule has 116 valence electrons. The number of rotatable bonds is 3. The summed E-state index contributed by atoms with van der Waals surface area (Å²) in [5.41, 5.74) is 1.08. The van der Waals surface area contributed by atoms with Crippen LogP contribution in [0.25, 0.3) is 0 Å². The zero-order valence-corrected chi connectivity index (χ0v) is 12.6. The summed E-state index contributed by atoms with van der Waals surface area (Å²) in [6.45, 7) is 0. The maximum atomic E-state index is 12.4. The lowest BCUT2D eigenvalue weighted by atomic mass is 9.98. The van der Waals surface area contributed by atoms with Crippen molar-refractivity contribution in [3.05, 3.63) is 78.5 Å². The Morgan fingerprint density at radius 3 is 2.39 bits per heavy atom. The minimum absolute atomic E-state index is 0.0229. The van der Waals surface area contributed by atoms with Crippen molar-refractivity contribution in [2.24, 2.45) is 0 Å². The van der Waals surface area contributed by atoms with Crippen molar-refractivity contribution in [1.29, 1.82) is 0 Å². The zero-order valence-electron chi connectivity index (χ0n) is 12.6. The Morgan fingerprint density at radius 2 is 1.70 bits per heavy atom. The summed E-state index contributed by atoms with van der Waals surface area (Å²) in [6.07, 6.45) is 3.38. The Labute approximate surface area is 135 Å². The van der Waals surface area contributed by atoms with E-state index in [0.717, 1.165) is 5.56 Å². The van der Waals surface area contributed by atoms with E-state index in [1.807, 2.05) is 36.4 Å². The summed E-state index contributed by atoms with van der Waals surface area (Å²) in [5.74, 6) is 0.510. The summed E-state index contributed by atoms with van der Waals surface area (Å²) >= 11 is 0. The summed E-state index contributed by atoms with van der Waals surface area (Å²) in [5, 5.41) is 0. The van der Waals surface area contributed by atoms with Gasteiger partial charge in [0.2, 0.25) is 0 Å². The Kier molecular flexibility index (Phi) is 4.52. The highest BCUT2D eigenvalue weighted by atomic mass is 16.6. The van der Waals surface area contributed by atoms with Crippen molar-refractivity contribution < 1.29 is 14.3 Å². The molecule has 1 atom stereocenters. The molecule has 0 radical (unpaired) electrons. The largest absolute Gasteiger partial charge is 0.419 e. The van der Waals surface area contributed by atoms with Gasteiger partial charge in [-0.05, 0) is 30.2 Å². The maximum Gasteiger partial charge on any atom is 0.419 e. The van der Waals surface area contributed by atoms with Crippen LogP contribution in [0.5, 0.6) is 5.75 Å². The lowest BCUT2D eigenvalue weighted by Crippen LogP contribution is -2.42. The summed E-state index contributed by atoms with van der Waals surface area (Å²) < 4.78 is 5.38. The Bertz CT molecular complexity index is 710. The molecule has 0 aliphatic carbocycles. The van der Waals surface area contributed by atoms with Crippen LogP contribution in [0.1, 0.15) is 12.0 Å². The van der Waals surface area contributed by atoms with Crippen LogP contribution in [0.3, 0.4) is 0 Å². The molecule has 0 saturated carbocycles. The van der Waals surface area contributed by atoms with Gasteiger partial charge < -0.3 is 4.74 Å². The third-order valence-electron chi connectivity index (χ3n) is 3.72. The topological polar surface area (TPSA) is 46.6 Å². The number of carbonyl (C=O) groups excluding carboxylic acids is 2. The number of ketones is 1. The molecule has 2 aromatic carbocycles. The second-order valence-electron chi connectivity index (χ2n) is 5.42. The van der Waals surface area contributed by atoms with Crippen LogP contribution in [-0.2, 0) is 11.2 Å². The quantitative estimate of drug-likeness (QED) is 0.870. The van der Waals surface area contributed by atoms with E-state index in [2.05, 4.69) is 0 Å². The number of allylic oxidation sites excluding steroid dienone is 1. The minimum Gasteiger partial charge on any atom is -0.410 e. The second-order valence-corrected chi connectivity index (χ2v) is 5.42. The van der Waals surface area contributed by atoms with Gasteiger partial charge in [0, 0.05) is 12.6 Å². The number of benzene rings is 2. The van der Waals surface area contributed by atoms with Gasteiger partial charge >= 0.3 is 6.09 Å². The van der Waals surface area contributed by atoms with Crippen molar-refractivity contribution in [3.8, 4) is 5.75 Å². The van der Waals surface area contributed by atoms with Crippen molar-refractivity contribution in [2.75, 3.05) is 0 Å². The number of hydrogen-bond acceptors (Lipinski definition) is 3. The lowest BCUT2D eigenvalue weighted by Gasteiger charge is -2.30. The summed E-state index contributed by atoms with van der Waals surface area (Å²) in [4.78, 5) is 25.6. The monoisotopic (exact) mass is 307 g/mol. The third kappa shape index (κ3) is 3.86. The van der Waals surface area contributed by atoms with Crippen molar-refractivity contribution in [2.45, 2.75) is 18.9 Å². The normalized spacial score (nSPS) is 17.1. The average Bonchev–Trinajstić information content (AvgIpc) is 2.57. The van der Waals surface area contributed by atoms with Gasteiger partial charge in [-0.3, -0.25) is 9.69 Å². The van der Waals surface area contributed by atoms with Gasteiger partial charge in [-0.25, -0.2) is 4.79 Å². The number of para-hydroxylation sites is 1. The molecule has 0 N–H and O–H groups in total. The number of carbonyl (C=O) groups is 2. The minimum atomic E-state index is -0.471. The fraction of sp³-hybridized carbons (Fsp3) is 0.158. The Balaban J connectivity index is 1.75. The SMILES string of the molecule is O=C1C=CN(C(=O)Oc2ccccc2)C(Cc2ccccc2)C1. The van der Waals surface area contributed by atoms with Crippen LogP contribution in [0.2, 0.25) is 0 Å². The molecule has 2 aromatic rings. The van der Waals surface area contributed by atoms with Crippen LogP contribution in [0.4, 0.5) is 4.79 Å². The molecule has 0 aromatic heterocycles. The Hall–Kier alpha value is -2.88. The van der Waals surface area contributed by atoms with Gasteiger partial charge in [0.15, 0.2) is 5.78 Å². The fourth-order valence-electron chi connectivity index (χ4n) is 2.59. The van der Waals surface area contributed by atoms with Gasteiger partial charge in [0.05, 0.1) is 6.04 Å². The van der Waals surface area contributed by atoms with Crippen LogP contribution < -0.4 is 4.74 Å². The van der Waals surface area contributed by atoms with Crippen molar-refractivity contribution in [3.63, 3.8) is 0 Å². The molecular weight excluding hydrogens is 290 g/mol. The summed E-state index contributed by atoms with van der Waals surface area (Å²) in [6, 6.07) is 18.5. The molecule has 1 heterocycles. The van der Waals surface area contributed by atoms with E-state index >= 15 is 0 Å². The molecule has 4 heteroatoms. The molecule has 0 fully saturated rings. The molecule has 1 amide bonds. The zero-order chi connectivity index (χ0) is 16.1. The number of nitrogens with zero attached hydrogens (tertiary/aromatic N) is 1. The van der Waals surface area contributed by atoms with Crippen LogP contribution >= 0.6 is 0 Å². The lowest BCUT2D eigenvalue weighted by molar-refractivity contribution is -0.116. The van der Waals surface area contributed by atoms with Gasteiger partial charge in [0.25, 0.3) is 0 Å². The van der Waals surface area contributed by atoms with E-state index in [0.29, 0.717) is 18.6 Å². The predicted octanol–water partition coefficient (Wildman–Crippen LogP) is 3.59. The standard InChI is InChI=1S/C19H17NO3/c21-17-11-12-20(19(22)23-18-9-5-2-6-10-18)16(14-17)13-15-7-3-1-4-8-15/h1-12,16H,13-14H2. The molecule has 1 aliphatic heterocycles.